The minimum atomic E-state index is 0.644. The summed E-state index contributed by atoms with van der Waals surface area (Å²) in [5, 5.41) is 3.13. The molecule has 1 heterocycles. The lowest BCUT2D eigenvalue weighted by Crippen LogP contribution is -2.28. The van der Waals surface area contributed by atoms with Gasteiger partial charge in [-0.25, -0.2) is 4.98 Å². The van der Waals surface area contributed by atoms with Crippen molar-refractivity contribution < 1.29 is 0 Å². The van der Waals surface area contributed by atoms with Crippen molar-refractivity contribution in [2.24, 2.45) is 5.73 Å². The summed E-state index contributed by atoms with van der Waals surface area (Å²) >= 11 is 1.68. The van der Waals surface area contributed by atoms with Crippen molar-refractivity contribution in [3.05, 3.63) is 47.0 Å². The molecule has 0 atom stereocenters. The molecule has 0 saturated carbocycles. The minimum Gasteiger partial charge on any atom is -0.342 e. The van der Waals surface area contributed by atoms with E-state index < -0.39 is 0 Å². The third-order valence-corrected chi connectivity index (χ3v) is 3.51. The van der Waals surface area contributed by atoms with E-state index in [1.165, 1.54) is 5.56 Å². The quantitative estimate of drug-likeness (QED) is 0.882. The van der Waals surface area contributed by atoms with E-state index in [0.717, 1.165) is 23.9 Å². The first-order valence-corrected chi connectivity index (χ1v) is 6.58. The Morgan fingerprint density at radius 1 is 1.29 bits per heavy atom. The van der Waals surface area contributed by atoms with E-state index in [0.29, 0.717) is 6.54 Å². The highest BCUT2D eigenvalue weighted by Crippen LogP contribution is 2.21. The molecule has 0 saturated heterocycles. The fourth-order valence-corrected chi connectivity index (χ4v) is 2.52. The van der Waals surface area contributed by atoms with Crippen LogP contribution in [-0.2, 0) is 6.54 Å². The van der Waals surface area contributed by atoms with E-state index in [4.69, 9.17) is 5.73 Å². The monoisotopic (exact) mass is 247 g/mol. The van der Waals surface area contributed by atoms with Crippen LogP contribution in [0.3, 0.4) is 0 Å². The SMILES string of the molecule is Cc1csc(N(CCN)Cc2ccccc2)n1. The van der Waals surface area contributed by atoms with E-state index in [2.05, 4.69) is 39.5 Å². The van der Waals surface area contributed by atoms with Crippen LogP contribution in [0.1, 0.15) is 11.3 Å². The van der Waals surface area contributed by atoms with E-state index >= 15 is 0 Å². The second-order valence-electron chi connectivity index (χ2n) is 3.97. The van der Waals surface area contributed by atoms with Crippen molar-refractivity contribution in [2.75, 3.05) is 18.0 Å². The summed E-state index contributed by atoms with van der Waals surface area (Å²) in [5.41, 5.74) is 8.02. The molecule has 1 aromatic carbocycles. The number of nitrogens with two attached hydrogens (primary N) is 1. The van der Waals surface area contributed by atoms with Crippen LogP contribution in [-0.4, -0.2) is 18.1 Å². The summed E-state index contributed by atoms with van der Waals surface area (Å²) in [4.78, 5) is 6.74. The number of aromatic nitrogens is 1. The Labute approximate surface area is 106 Å². The van der Waals surface area contributed by atoms with Crippen molar-refractivity contribution in [1.29, 1.82) is 0 Å². The fourth-order valence-electron chi connectivity index (χ4n) is 1.69. The standard InChI is InChI=1S/C13H17N3S/c1-11-10-17-13(15-11)16(8-7-14)9-12-5-3-2-4-6-12/h2-6,10H,7-9,14H2,1H3. The van der Waals surface area contributed by atoms with Crippen molar-refractivity contribution in [2.45, 2.75) is 13.5 Å². The van der Waals surface area contributed by atoms with Crippen molar-refractivity contribution in [3.8, 4) is 0 Å². The molecule has 2 aromatic rings. The van der Waals surface area contributed by atoms with Crippen molar-refractivity contribution in [1.82, 2.24) is 4.98 Å². The largest absolute Gasteiger partial charge is 0.342 e. The smallest absolute Gasteiger partial charge is 0.185 e. The third kappa shape index (κ3) is 3.28. The summed E-state index contributed by atoms with van der Waals surface area (Å²) in [6, 6.07) is 10.4. The number of rotatable bonds is 5. The molecule has 90 valence electrons. The Morgan fingerprint density at radius 3 is 2.65 bits per heavy atom. The van der Waals surface area contributed by atoms with Crippen LogP contribution in [0.25, 0.3) is 0 Å². The van der Waals surface area contributed by atoms with Crippen molar-refractivity contribution >= 4 is 16.5 Å². The molecule has 2 N–H and O–H groups in total. The van der Waals surface area contributed by atoms with Gasteiger partial charge in [0.2, 0.25) is 0 Å². The van der Waals surface area contributed by atoms with Gasteiger partial charge in [-0.3, -0.25) is 0 Å². The number of anilines is 1. The Bertz CT molecular complexity index is 453. The molecular weight excluding hydrogens is 230 g/mol. The van der Waals surface area contributed by atoms with Gasteiger partial charge in [-0.1, -0.05) is 30.3 Å². The second kappa shape index (κ2) is 5.80. The van der Waals surface area contributed by atoms with Crippen LogP contribution in [0, 0.1) is 6.92 Å². The molecule has 0 bridgehead atoms. The Kier molecular flexibility index (Phi) is 4.12. The number of benzene rings is 1. The third-order valence-electron chi connectivity index (χ3n) is 2.49. The van der Waals surface area contributed by atoms with E-state index in [1.54, 1.807) is 11.3 Å². The lowest BCUT2D eigenvalue weighted by Gasteiger charge is -2.21. The Hall–Kier alpha value is -1.39. The molecule has 0 radical (unpaired) electrons. The van der Waals surface area contributed by atoms with Gasteiger partial charge in [-0.05, 0) is 12.5 Å². The Morgan fingerprint density at radius 2 is 2.06 bits per heavy atom. The highest BCUT2D eigenvalue weighted by atomic mass is 32.1. The maximum Gasteiger partial charge on any atom is 0.185 e. The lowest BCUT2D eigenvalue weighted by molar-refractivity contribution is 0.784. The first-order chi connectivity index (χ1) is 8.29. The van der Waals surface area contributed by atoms with Gasteiger partial charge in [-0.2, -0.15) is 0 Å². The van der Waals surface area contributed by atoms with Crippen LogP contribution in [0.5, 0.6) is 0 Å². The van der Waals surface area contributed by atoms with E-state index in [1.807, 2.05) is 13.0 Å². The molecular formula is C13H17N3S. The number of aryl methyl sites for hydroxylation is 1. The van der Waals surface area contributed by atoms with Gasteiger partial charge < -0.3 is 10.6 Å². The van der Waals surface area contributed by atoms with Gasteiger partial charge in [0.25, 0.3) is 0 Å². The highest BCUT2D eigenvalue weighted by Gasteiger charge is 2.09. The van der Waals surface area contributed by atoms with Gasteiger partial charge in [-0.15, -0.1) is 11.3 Å². The number of hydrogen-bond donors (Lipinski definition) is 1. The van der Waals surface area contributed by atoms with Crippen LogP contribution in [0.15, 0.2) is 35.7 Å². The predicted octanol–water partition coefficient (Wildman–Crippen LogP) is 2.42. The average molecular weight is 247 g/mol. The molecule has 4 heteroatoms. The van der Waals surface area contributed by atoms with Gasteiger partial charge in [0, 0.05) is 25.0 Å². The normalized spacial score (nSPS) is 10.5. The molecule has 0 aliphatic rings. The van der Waals surface area contributed by atoms with Crippen LogP contribution >= 0.6 is 11.3 Å². The average Bonchev–Trinajstić information content (AvgIpc) is 2.77. The number of thiazole rings is 1. The summed E-state index contributed by atoms with van der Waals surface area (Å²) in [6.45, 7) is 4.36. The summed E-state index contributed by atoms with van der Waals surface area (Å²) < 4.78 is 0. The van der Waals surface area contributed by atoms with Crippen molar-refractivity contribution in [3.63, 3.8) is 0 Å². The fraction of sp³-hybridized carbons (Fsp3) is 0.308. The molecule has 0 unspecified atom stereocenters. The molecule has 17 heavy (non-hydrogen) atoms. The maximum atomic E-state index is 5.66. The van der Waals surface area contributed by atoms with E-state index in [9.17, 15) is 0 Å². The lowest BCUT2D eigenvalue weighted by atomic mass is 10.2. The molecule has 0 fully saturated rings. The maximum absolute atomic E-state index is 5.66. The van der Waals surface area contributed by atoms with Gasteiger partial charge in [0.1, 0.15) is 0 Å². The van der Waals surface area contributed by atoms with Crippen LogP contribution in [0.4, 0.5) is 5.13 Å². The summed E-state index contributed by atoms with van der Waals surface area (Å²) in [5.74, 6) is 0. The molecule has 0 aliphatic heterocycles. The molecule has 0 spiro atoms. The molecule has 2 rings (SSSR count). The first-order valence-electron chi connectivity index (χ1n) is 5.70. The molecule has 1 aromatic heterocycles. The van der Waals surface area contributed by atoms with Gasteiger partial charge in [0.05, 0.1) is 5.69 Å². The molecule has 0 aliphatic carbocycles. The predicted molar refractivity (Wildman–Crippen MR) is 73.4 cm³/mol. The zero-order valence-corrected chi connectivity index (χ0v) is 10.8. The topological polar surface area (TPSA) is 42.1 Å². The highest BCUT2D eigenvalue weighted by molar-refractivity contribution is 7.13. The second-order valence-corrected chi connectivity index (χ2v) is 4.80. The Balaban J connectivity index is 2.13. The first kappa shape index (κ1) is 12.1. The summed E-state index contributed by atoms with van der Waals surface area (Å²) in [7, 11) is 0. The molecule has 0 amide bonds. The minimum absolute atomic E-state index is 0.644. The van der Waals surface area contributed by atoms with Crippen LogP contribution < -0.4 is 10.6 Å². The van der Waals surface area contributed by atoms with Gasteiger partial charge in [0.15, 0.2) is 5.13 Å². The zero-order chi connectivity index (χ0) is 12.1. The zero-order valence-electron chi connectivity index (χ0n) is 9.97. The van der Waals surface area contributed by atoms with Crippen LogP contribution in [0.2, 0.25) is 0 Å². The summed E-state index contributed by atoms with van der Waals surface area (Å²) in [6.07, 6.45) is 0. The number of nitrogens with zero attached hydrogens (tertiary/aromatic N) is 2. The van der Waals surface area contributed by atoms with Gasteiger partial charge >= 0.3 is 0 Å². The number of hydrogen-bond acceptors (Lipinski definition) is 4. The van der Waals surface area contributed by atoms with E-state index in [-0.39, 0.29) is 0 Å². The molecule has 3 nitrogen and oxygen atoms in total.